The van der Waals surface area contributed by atoms with Gasteiger partial charge in [0.2, 0.25) is 0 Å². The van der Waals surface area contributed by atoms with Gasteiger partial charge in [0, 0.05) is 6.42 Å². The fraction of sp³-hybridized carbons (Fsp3) is 0.963. The van der Waals surface area contributed by atoms with E-state index in [-0.39, 0.29) is 0 Å². The smallest absolute Gasteiger partial charge is 0.0782 e. The number of hydrogen-bond donors (Lipinski definition) is 0. The summed E-state index contributed by atoms with van der Waals surface area (Å²) in [6.07, 6.45) is 28.8. The Morgan fingerprint density at radius 1 is 0.483 bits per heavy atom. The van der Waals surface area contributed by atoms with Crippen LogP contribution < -0.4 is 0 Å². The van der Waals surface area contributed by atoms with E-state index in [1.165, 1.54) is 140 Å². The van der Waals surface area contributed by atoms with Gasteiger partial charge in [0.05, 0.1) is 33.3 Å². The molecule has 0 atom stereocenters. The summed E-state index contributed by atoms with van der Waals surface area (Å²) in [5, 5.41) is 8.57. The third-order valence-corrected chi connectivity index (χ3v) is 6.42. The number of rotatable bonds is 23. The predicted molar refractivity (Wildman–Crippen MR) is 130 cm³/mol. The Bertz CT molecular complexity index is 356. The summed E-state index contributed by atoms with van der Waals surface area (Å²) in [6.45, 7) is 4.92. The van der Waals surface area contributed by atoms with Crippen molar-refractivity contribution in [1.82, 2.24) is 0 Å². The van der Waals surface area contributed by atoms with Crippen LogP contribution in [0.15, 0.2) is 0 Å². The van der Waals surface area contributed by atoms with Crippen LogP contribution in [0.25, 0.3) is 0 Å². The molecule has 0 heterocycles. The highest BCUT2D eigenvalue weighted by molar-refractivity contribution is 4.67. The molecule has 0 aromatic carbocycles. The molecule has 172 valence electrons. The maximum Gasteiger partial charge on any atom is 0.0782 e. The molecule has 29 heavy (non-hydrogen) atoms. The van der Waals surface area contributed by atoms with E-state index in [0.29, 0.717) is 0 Å². The summed E-state index contributed by atoms with van der Waals surface area (Å²) in [7, 11) is 4.78. The number of hydrogen-bond acceptors (Lipinski definition) is 1. The SMILES string of the molecule is CCCCCCCCCCCCCCCCCC[N+](C)(C)CCCCCCC#N. The van der Waals surface area contributed by atoms with Gasteiger partial charge in [0.1, 0.15) is 0 Å². The van der Waals surface area contributed by atoms with Gasteiger partial charge in [-0.2, -0.15) is 5.26 Å². The molecule has 0 N–H and O–H groups in total. The highest BCUT2D eigenvalue weighted by Crippen LogP contribution is 2.14. The van der Waals surface area contributed by atoms with Gasteiger partial charge in [-0.25, -0.2) is 0 Å². The first-order valence-corrected chi connectivity index (χ1v) is 13.3. The molecule has 0 unspecified atom stereocenters. The molecule has 0 bridgehead atoms. The maximum absolute atomic E-state index is 8.57. The summed E-state index contributed by atoms with van der Waals surface area (Å²) in [5.41, 5.74) is 0. The van der Waals surface area contributed by atoms with Crippen molar-refractivity contribution in [3.05, 3.63) is 0 Å². The van der Waals surface area contributed by atoms with Crippen molar-refractivity contribution in [1.29, 1.82) is 5.26 Å². The molecule has 0 aliphatic heterocycles. The second-order valence-corrected chi connectivity index (χ2v) is 10.0. The monoisotopic (exact) mass is 407 g/mol. The third kappa shape index (κ3) is 23.6. The van der Waals surface area contributed by atoms with Crippen molar-refractivity contribution in [2.45, 2.75) is 142 Å². The molecule has 0 rings (SSSR count). The summed E-state index contributed by atoms with van der Waals surface area (Å²) >= 11 is 0. The molecule has 0 aromatic rings. The van der Waals surface area contributed by atoms with E-state index >= 15 is 0 Å². The highest BCUT2D eigenvalue weighted by Gasteiger charge is 2.13. The summed E-state index contributed by atoms with van der Waals surface area (Å²) in [4.78, 5) is 0. The van der Waals surface area contributed by atoms with Crippen LogP contribution in [0, 0.1) is 11.3 Å². The highest BCUT2D eigenvalue weighted by atomic mass is 15.3. The lowest BCUT2D eigenvalue weighted by Crippen LogP contribution is -2.41. The van der Waals surface area contributed by atoms with Crippen LogP contribution in [0.4, 0.5) is 0 Å². The van der Waals surface area contributed by atoms with Crippen LogP contribution in [0.5, 0.6) is 0 Å². The average molecular weight is 408 g/mol. The van der Waals surface area contributed by atoms with Crippen molar-refractivity contribution in [2.24, 2.45) is 0 Å². The van der Waals surface area contributed by atoms with Gasteiger partial charge in [0.15, 0.2) is 0 Å². The van der Waals surface area contributed by atoms with Gasteiger partial charge >= 0.3 is 0 Å². The van der Waals surface area contributed by atoms with Crippen LogP contribution in [0.2, 0.25) is 0 Å². The number of quaternary nitrogens is 1. The molecular formula is C27H55N2+. The van der Waals surface area contributed by atoms with Gasteiger partial charge in [-0.1, -0.05) is 103 Å². The zero-order chi connectivity index (χ0) is 21.5. The van der Waals surface area contributed by atoms with Crippen molar-refractivity contribution in [2.75, 3.05) is 27.2 Å². The second kappa shape index (κ2) is 22.1. The topological polar surface area (TPSA) is 23.8 Å². The average Bonchev–Trinajstić information content (AvgIpc) is 2.70. The van der Waals surface area contributed by atoms with E-state index in [9.17, 15) is 0 Å². The van der Waals surface area contributed by atoms with Crippen LogP contribution in [-0.4, -0.2) is 31.7 Å². The largest absolute Gasteiger partial charge is 0.328 e. The van der Waals surface area contributed by atoms with Crippen molar-refractivity contribution >= 4 is 0 Å². The first-order chi connectivity index (χ1) is 14.1. The normalized spacial score (nSPS) is 11.7. The molecule has 0 saturated carbocycles. The molecule has 0 fully saturated rings. The van der Waals surface area contributed by atoms with E-state index < -0.39 is 0 Å². The Morgan fingerprint density at radius 2 is 0.793 bits per heavy atom. The summed E-state index contributed by atoms with van der Waals surface area (Å²) in [6, 6.07) is 2.24. The van der Waals surface area contributed by atoms with Crippen LogP contribution in [-0.2, 0) is 0 Å². The minimum atomic E-state index is 0.734. The molecule has 0 aromatic heterocycles. The van der Waals surface area contributed by atoms with Crippen LogP contribution >= 0.6 is 0 Å². The van der Waals surface area contributed by atoms with Crippen molar-refractivity contribution in [3.8, 4) is 6.07 Å². The molecule has 0 spiro atoms. The Morgan fingerprint density at radius 3 is 1.14 bits per heavy atom. The van der Waals surface area contributed by atoms with Gasteiger partial charge < -0.3 is 4.48 Å². The molecule has 2 heteroatoms. The molecule has 0 aliphatic rings. The first kappa shape index (κ1) is 28.5. The molecular weight excluding hydrogens is 352 g/mol. The van der Waals surface area contributed by atoms with E-state index in [0.717, 1.165) is 12.8 Å². The van der Waals surface area contributed by atoms with Gasteiger partial charge in [-0.3, -0.25) is 0 Å². The molecule has 0 amide bonds. The number of nitrogens with zero attached hydrogens (tertiary/aromatic N) is 2. The second-order valence-electron chi connectivity index (χ2n) is 10.0. The lowest BCUT2D eigenvalue weighted by atomic mass is 10.0. The molecule has 0 saturated heterocycles. The standard InChI is InChI=1S/C27H55N2/c1-4-5-6-7-8-9-10-11-12-13-14-15-16-17-20-23-26-29(2,3)27-24-21-18-19-22-25-28/h4-24,26-27H2,1-3H3/q+1. The summed E-state index contributed by atoms with van der Waals surface area (Å²) < 4.78 is 1.18. The van der Waals surface area contributed by atoms with E-state index in [1.54, 1.807) is 0 Å². The van der Waals surface area contributed by atoms with Crippen molar-refractivity contribution in [3.63, 3.8) is 0 Å². The van der Waals surface area contributed by atoms with Gasteiger partial charge in [-0.15, -0.1) is 0 Å². The quantitative estimate of drug-likeness (QED) is 0.123. The Hall–Kier alpha value is -0.550. The van der Waals surface area contributed by atoms with Crippen LogP contribution in [0.3, 0.4) is 0 Å². The fourth-order valence-electron chi connectivity index (χ4n) is 4.30. The Balaban J connectivity index is 3.24. The lowest BCUT2D eigenvalue weighted by Gasteiger charge is -2.30. The minimum Gasteiger partial charge on any atom is -0.328 e. The molecule has 2 nitrogen and oxygen atoms in total. The number of nitriles is 1. The van der Waals surface area contributed by atoms with Crippen LogP contribution in [0.1, 0.15) is 142 Å². The van der Waals surface area contributed by atoms with E-state index in [1.807, 2.05) is 0 Å². The fourth-order valence-corrected chi connectivity index (χ4v) is 4.30. The molecule has 0 aliphatic carbocycles. The number of unbranched alkanes of at least 4 members (excludes halogenated alkanes) is 19. The zero-order valence-electron chi connectivity index (χ0n) is 20.7. The maximum atomic E-state index is 8.57. The third-order valence-electron chi connectivity index (χ3n) is 6.42. The predicted octanol–water partition coefficient (Wildman–Crippen LogP) is 8.80. The van der Waals surface area contributed by atoms with E-state index in [2.05, 4.69) is 27.1 Å². The zero-order valence-corrected chi connectivity index (χ0v) is 20.7. The van der Waals surface area contributed by atoms with Gasteiger partial charge in [0.25, 0.3) is 0 Å². The minimum absolute atomic E-state index is 0.734. The van der Waals surface area contributed by atoms with E-state index in [4.69, 9.17) is 5.26 Å². The Kier molecular flexibility index (Phi) is 21.7. The molecule has 0 radical (unpaired) electrons. The van der Waals surface area contributed by atoms with Crippen molar-refractivity contribution < 1.29 is 4.48 Å². The summed E-state index contributed by atoms with van der Waals surface area (Å²) in [5.74, 6) is 0. The first-order valence-electron chi connectivity index (χ1n) is 13.3. The lowest BCUT2D eigenvalue weighted by molar-refractivity contribution is -0.890. The Labute approximate surface area is 185 Å². The van der Waals surface area contributed by atoms with Gasteiger partial charge in [-0.05, 0) is 32.1 Å².